The van der Waals surface area contributed by atoms with E-state index in [1.165, 1.54) is 16.7 Å². The summed E-state index contributed by atoms with van der Waals surface area (Å²) < 4.78 is 2.16. The topological polar surface area (TPSA) is 41.4 Å². The van der Waals surface area contributed by atoms with E-state index in [2.05, 4.69) is 69.9 Å². The Hall–Kier alpha value is -2.96. The molecule has 0 radical (unpaired) electrons. The summed E-state index contributed by atoms with van der Waals surface area (Å²) in [5.41, 5.74) is 4.22. The molecule has 4 aromatic rings. The van der Waals surface area contributed by atoms with Gasteiger partial charge in [0.05, 0.1) is 0 Å². The van der Waals surface area contributed by atoms with Crippen molar-refractivity contribution in [1.82, 2.24) is 14.5 Å². The van der Waals surface area contributed by atoms with E-state index in [-0.39, 0.29) is 5.43 Å². The standard InChI is InChI=1S/C24H24N4OS/c1-26-13-15-27(16-14-26)24-25-22-21(29)11-12-28(23(22)30-24)17-19-9-5-6-10-20(19)18-7-3-2-4-8-18/h2-12H,13-17H2,1H3. The molecule has 0 spiro atoms. The van der Waals surface area contributed by atoms with Crippen molar-refractivity contribution in [2.75, 3.05) is 38.1 Å². The Bertz CT molecular complexity index is 1220. The maximum atomic E-state index is 12.5. The summed E-state index contributed by atoms with van der Waals surface area (Å²) in [4.78, 5) is 22.8. The third-order valence-electron chi connectivity index (χ3n) is 5.71. The first-order valence-corrected chi connectivity index (χ1v) is 11.1. The molecule has 6 heteroatoms. The van der Waals surface area contributed by atoms with Gasteiger partial charge in [-0.1, -0.05) is 65.9 Å². The van der Waals surface area contributed by atoms with Crippen LogP contribution in [0, 0.1) is 0 Å². The van der Waals surface area contributed by atoms with Crippen LogP contribution in [0.25, 0.3) is 21.5 Å². The van der Waals surface area contributed by atoms with Crippen LogP contribution in [0.1, 0.15) is 5.56 Å². The molecule has 1 aliphatic rings. The highest BCUT2D eigenvalue weighted by Crippen LogP contribution is 2.30. The van der Waals surface area contributed by atoms with Gasteiger partial charge in [0.2, 0.25) is 5.43 Å². The molecule has 5 rings (SSSR count). The fraction of sp³-hybridized carbons (Fsp3) is 0.250. The molecule has 5 nitrogen and oxygen atoms in total. The highest BCUT2D eigenvalue weighted by Gasteiger charge is 2.20. The first-order valence-electron chi connectivity index (χ1n) is 10.3. The zero-order valence-electron chi connectivity index (χ0n) is 17.0. The van der Waals surface area contributed by atoms with Gasteiger partial charge in [-0.05, 0) is 23.7 Å². The van der Waals surface area contributed by atoms with Gasteiger partial charge in [0.1, 0.15) is 10.3 Å². The number of aromatic nitrogens is 2. The van der Waals surface area contributed by atoms with Crippen molar-refractivity contribution in [2.24, 2.45) is 0 Å². The van der Waals surface area contributed by atoms with Crippen LogP contribution in [-0.2, 0) is 6.54 Å². The van der Waals surface area contributed by atoms with Gasteiger partial charge in [-0.2, -0.15) is 0 Å². The Morgan fingerprint density at radius 1 is 0.933 bits per heavy atom. The number of anilines is 1. The molecular weight excluding hydrogens is 392 g/mol. The number of rotatable bonds is 4. The van der Waals surface area contributed by atoms with Crippen molar-refractivity contribution in [3.05, 3.63) is 82.6 Å². The summed E-state index contributed by atoms with van der Waals surface area (Å²) in [5.74, 6) is 0. The second kappa shape index (κ2) is 8.05. The smallest absolute Gasteiger partial charge is 0.208 e. The fourth-order valence-corrected chi connectivity index (χ4v) is 5.07. The molecule has 0 bridgehead atoms. The molecule has 1 saturated heterocycles. The first kappa shape index (κ1) is 19.0. The average Bonchev–Trinajstić information content (AvgIpc) is 3.24. The van der Waals surface area contributed by atoms with Crippen molar-refractivity contribution < 1.29 is 0 Å². The van der Waals surface area contributed by atoms with Gasteiger partial charge in [0.15, 0.2) is 5.13 Å². The molecular formula is C24H24N4OS. The summed E-state index contributed by atoms with van der Waals surface area (Å²) in [5, 5.41) is 0.950. The first-order chi connectivity index (χ1) is 14.7. The molecule has 2 aromatic heterocycles. The van der Waals surface area contributed by atoms with Gasteiger partial charge >= 0.3 is 0 Å². The SMILES string of the molecule is CN1CCN(c2nc3c(=O)ccn(Cc4ccccc4-c4ccccc4)c3s2)CC1. The van der Waals surface area contributed by atoms with Crippen LogP contribution >= 0.6 is 11.3 Å². The molecule has 1 fully saturated rings. The Morgan fingerprint density at radius 3 is 2.47 bits per heavy atom. The summed E-state index contributed by atoms with van der Waals surface area (Å²) in [6, 6.07) is 20.5. The lowest BCUT2D eigenvalue weighted by Crippen LogP contribution is -2.44. The van der Waals surface area contributed by atoms with Gasteiger partial charge in [-0.25, -0.2) is 4.98 Å². The van der Waals surface area contributed by atoms with Crippen molar-refractivity contribution in [3.8, 4) is 11.1 Å². The molecule has 1 aliphatic heterocycles. The number of benzene rings is 2. The molecule has 0 saturated carbocycles. The van der Waals surface area contributed by atoms with Crippen LogP contribution in [0.2, 0.25) is 0 Å². The molecule has 0 N–H and O–H groups in total. The Kier molecular flexibility index (Phi) is 5.11. The zero-order chi connectivity index (χ0) is 20.5. The van der Waals surface area contributed by atoms with E-state index in [1.807, 2.05) is 12.3 Å². The van der Waals surface area contributed by atoms with Gasteiger partial charge in [-0.3, -0.25) is 4.79 Å². The average molecular weight is 417 g/mol. The number of fused-ring (bicyclic) bond motifs is 1. The Labute approximate surface area is 179 Å². The van der Waals surface area contributed by atoms with Gasteiger partial charge in [0, 0.05) is 45.0 Å². The van der Waals surface area contributed by atoms with E-state index >= 15 is 0 Å². The van der Waals surface area contributed by atoms with Crippen molar-refractivity contribution >= 4 is 26.8 Å². The lowest BCUT2D eigenvalue weighted by Gasteiger charge is -2.31. The highest BCUT2D eigenvalue weighted by molar-refractivity contribution is 7.21. The minimum atomic E-state index is -0.00535. The predicted molar refractivity (Wildman–Crippen MR) is 125 cm³/mol. The summed E-state index contributed by atoms with van der Waals surface area (Å²) in [7, 11) is 2.14. The normalized spacial score (nSPS) is 15.0. The van der Waals surface area contributed by atoms with E-state index < -0.39 is 0 Å². The molecule has 30 heavy (non-hydrogen) atoms. The van der Waals surface area contributed by atoms with E-state index in [4.69, 9.17) is 4.98 Å². The quantitative estimate of drug-likeness (QED) is 0.506. The van der Waals surface area contributed by atoms with E-state index in [0.717, 1.165) is 36.1 Å². The van der Waals surface area contributed by atoms with Gasteiger partial charge < -0.3 is 14.4 Å². The van der Waals surface area contributed by atoms with E-state index in [0.29, 0.717) is 12.1 Å². The van der Waals surface area contributed by atoms with E-state index in [9.17, 15) is 4.79 Å². The number of hydrogen-bond donors (Lipinski definition) is 0. The third-order valence-corrected chi connectivity index (χ3v) is 6.87. The number of likely N-dealkylation sites (N-methyl/N-ethyl adjacent to an activating group) is 1. The molecule has 152 valence electrons. The largest absolute Gasteiger partial charge is 0.345 e. The third kappa shape index (κ3) is 3.64. The van der Waals surface area contributed by atoms with Crippen LogP contribution in [0.15, 0.2) is 71.7 Å². The fourth-order valence-electron chi connectivity index (χ4n) is 3.96. The lowest BCUT2D eigenvalue weighted by molar-refractivity contribution is 0.313. The van der Waals surface area contributed by atoms with Crippen molar-refractivity contribution in [3.63, 3.8) is 0 Å². The predicted octanol–water partition coefficient (Wildman–Crippen LogP) is 3.93. The summed E-state index contributed by atoms with van der Waals surface area (Å²) in [6.45, 7) is 4.63. The number of thiazole rings is 1. The zero-order valence-corrected chi connectivity index (χ0v) is 17.8. The number of piperazine rings is 1. The van der Waals surface area contributed by atoms with Gasteiger partial charge in [0.25, 0.3) is 0 Å². The number of pyridine rings is 1. The second-order valence-corrected chi connectivity index (χ2v) is 8.73. The minimum absolute atomic E-state index is 0.00535. The molecule has 0 aliphatic carbocycles. The van der Waals surface area contributed by atoms with Crippen LogP contribution in [0.5, 0.6) is 0 Å². The molecule has 2 aromatic carbocycles. The van der Waals surface area contributed by atoms with Crippen LogP contribution in [0.4, 0.5) is 5.13 Å². The summed E-state index contributed by atoms with van der Waals surface area (Å²) in [6.07, 6.45) is 1.90. The Morgan fingerprint density at radius 2 is 1.67 bits per heavy atom. The van der Waals surface area contributed by atoms with Crippen LogP contribution in [0.3, 0.4) is 0 Å². The van der Waals surface area contributed by atoms with Crippen LogP contribution < -0.4 is 10.3 Å². The molecule has 3 heterocycles. The molecule has 0 unspecified atom stereocenters. The second-order valence-electron chi connectivity index (χ2n) is 7.77. The van der Waals surface area contributed by atoms with E-state index in [1.54, 1.807) is 17.4 Å². The lowest BCUT2D eigenvalue weighted by atomic mass is 10.00. The maximum Gasteiger partial charge on any atom is 0.208 e. The minimum Gasteiger partial charge on any atom is -0.345 e. The number of hydrogen-bond acceptors (Lipinski definition) is 5. The van der Waals surface area contributed by atoms with Crippen LogP contribution in [-0.4, -0.2) is 47.7 Å². The maximum absolute atomic E-state index is 12.5. The summed E-state index contributed by atoms with van der Waals surface area (Å²) >= 11 is 1.63. The number of nitrogens with zero attached hydrogens (tertiary/aromatic N) is 4. The highest BCUT2D eigenvalue weighted by atomic mass is 32.1. The van der Waals surface area contributed by atoms with Gasteiger partial charge in [-0.15, -0.1) is 0 Å². The van der Waals surface area contributed by atoms with Crippen molar-refractivity contribution in [1.29, 1.82) is 0 Å². The Balaban J connectivity index is 1.53. The monoisotopic (exact) mass is 416 g/mol. The van der Waals surface area contributed by atoms with Crippen molar-refractivity contribution in [2.45, 2.75) is 6.54 Å². The molecule has 0 amide bonds. The molecule has 0 atom stereocenters.